The molecule has 0 fully saturated rings. The SMILES string of the molecule is COc1ccc(-c2nc(C)c(C(=O)N(Cc3ccccc3)Cc3nc4ccccc4c(=O)[nH]3)s2)cc1. The van der Waals surface area contributed by atoms with Gasteiger partial charge in [-0.05, 0) is 48.9 Å². The average Bonchev–Trinajstić information content (AvgIpc) is 3.30. The van der Waals surface area contributed by atoms with Crippen LogP contribution < -0.4 is 10.3 Å². The molecule has 0 unspecified atom stereocenters. The van der Waals surface area contributed by atoms with E-state index < -0.39 is 0 Å². The number of aryl methyl sites for hydroxylation is 1. The van der Waals surface area contributed by atoms with Crippen LogP contribution in [0, 0.1) is 6.92 Å². The van der Waals surface area contributed by atoms with Crippen LogP contribution in [0.1, 0.15) is 26.8 Å². The number of hydrogen-bond acceptors (Lipinski definition) is 6. The van der Waals surface area contributed by atoms with Gasteiger partial charge in [0.25, 0.3) is 11.5 Å². The van der Waals surface area contributed by atoms with Gasteiger partial charge in [0.2, 0.25) is 0 Å². The number of nitrogens with one attached hydrogen (secondary N) is 1. The maximum atomic E-state index is 13.8. The molecule has 0 spiro atoms. The Kier molecular flexibility index (Phi) is 6.60. The molecule has 7 nitrogen and oxygen atoms in total. The minimum atomic E-state index is -0.224. The molecule has 3 aromatic carbocycles. The van der Waals surface area contributed by atoms with E-state index in [9.17, 15) is 9.59 Å². The molecule has 36 heavy (non-hydrogen) atoms. The molecule has 0 aliphatic rings. The van der Waals surface area contributed by atoms with E-state index in [1.165, 1.54) is 11.3 Å². The quantitative estimate of drug-likeness (QED) is 0.334. The van der Waals surface area contributed by atoms with Gasteiger partial charge in [-0.25, -0.2) is 9.97 Å². The van der Waals surface area contributed by atoms with Crippen molar-refractivity contribution in [1.82, 2.24) is 19.9 Å². The lowest BCUT2D eigenvalue weighted by Gasteiger charge is -2.22. The van der Waals surface area contributed by atoms with Crippen molar-refractivity contribution in [2.24, 2.45) is 0 Å². The Morgan fingerprint density at radius 3 is 2.42 bits per heavy atom. The first-order chi connectivity index (χ1) is 17.5. The van der Waals surface area contributed by atoms with Crippen LogP contribution in [0.5, 0.6) is 5.75 Å². The molecule has 5 aromatic rings. The Labute approximate surface area is 212 Å². The molecule has 0 bridgehead atoms. The van der Waals surface area contributed by atoms with Crippen molar-refractivity contribution >= 4 is 28.1 Å². The Morgan fingerprint density at radius 2 is 1.67 bits per heavy atom. The largest absolute Gasteiger partial charge is 0.497 e. The number of ether oxygens (including phenoxy) is 1. The third-order valence-electron chi connectivity index (χ3n) is 5.83. The monoisotopic (exact) mass is 496 g/mol. The van der Waals surface area contributed by atoms with Gasteiger partial charge in [-0.2, -0.15) is 0 Å². The lowest BCUT2D eigenvalue weighted by Crippen LogP contribution is -2.31. The standard InChI is InChI=1S/C28H24N4O3S/c1-18-25(36-27(29-18)20-12-14-21(35-2)15-13-20)28(34)32(16-19-8-4-3-5-9-19)17-24-30-23-11-7-6-10-22(23)26(33)31-24/h3-15H,16-17H2,1-2H3,(H,30,31,33). The van der Waals surface area contributed by atoms with Gasteiger partial charge in [-0.1, -0.05) is 42.5 Å². The van der Waals surface area contributed by atoms with Crippen LogP contribution in [-0.4, -0.2) is 32.9 Å². The number of H-pyrrole nitrogens is 1. The number of aromatic nitrogens is 3. The van der Waals surface area contributed by atoms with Crippen molar-refractivity contribution in [1.29, 1.82) is 0 Å². The number of rotatable bonds is 7. The molecule has 0 saturated heterocycles. The topological polar surface area (TPSA) is 88.2 Å². The fourth-order valence-electron chi connectivity index (χ4n) is 3.99. The molecule has 2 heterocycles. The zero-order valence-corrected chi connectivity index (χ0v) is 20.7. The van der Waals surface area contributed by atoms with Gasteiger partial charge in [0.1, 0.15) is 21.5 Å². The highest BCUT2D eigenvalue weighted by Gasteiger charge is 2.23. The number of hydrogen-bond donors (Lipinski definition) is 1. The Balaban J connectivity index is 1.49. The van der Waals surface area contributed by atoms with Crippen molar-refractivity contribution < 1.29 is 9.53 Å². The third kappa shape index (κ3) is 4.89. The summed E-state index contributed by atoms with van der Waals surface area (Å²) >= 11 is 1.35. The van der Waals surface area contributed by atoms with E-state index in [0.29, 0.717) is 33.8 Å². The number of carbonyl (C=O) groups excluding carboxylic acids is 1. The summed E-state index contributed by atoms with van der Waals surface area (Å²) < 4.78 is 5.24. The first kappa shape index (κ1) is 23.4. The summed E-state index contributed by atoms with van der Waals surface area (Å²) in [6.07, 6.45) is 0. The Hall–Kier alpha value is -4.30. The average molecular weight is 497 g/mol. The van der Waals surface area contributed by atoms with E-state index in [-0.39, 0.29) is 18.0 Å². The number of thiazole rings is 1. The maximum absolute atomic E-state index is 13.8. The smallest absolute Gasteiger partial charge is 0.266 e. The first-order valence-corrected chi connectivity index (χ1v) is 12.3. The lowest BCUT2D eigenvalue weighted by molar-refractivity contribution is 0.0729. The van der Waals surface area contributed by atoms with Crippen LogP contribution in [0.3, 0.4) is 0 Å². The molecule has 0 saturated carbocycles. The number of nitrogens with zero attached hydrogens (tertiary/aromatic N) is 3. The second-order valence-corrected chi connectivity index (χ2v) is 9.34. The summed E-state index contributed by atoms with van der Waals surface area (Å²) in [7, 11) is 1.62. The molecule has 0 radical (unpaired) electrons. The van der Waals surface area contributed by atoms with E-state index in [2.05, 4.69) is 15.0 Å². The minimum Gasteiger partial charge on any atom is -0.497 e. The van der Waals surface area contributed by atoms with Gasteiger partial charge in [0.15, 0.2) is 0 Å². The summed E-state index contributed by atoms with van der Waals surface area (Å²) in [5, 5.41) is 1.28. The van der Waals surface area contributed by atoms with Gasteiger partial charge < -0.3 is 14.6 Å². The van der Waals surface area contributed by atoms with Crippen molar-refractivity contribution in [3.8, 4) is 16.3 Å². The summed E-state index contributed by atoms with van der Waals surface area (Å²) in [5.41, 5.74) is 2.93. The molecule has 1 amide bonds. The van der Waals surface area contributed by atoms with Crippen molar-refractivity contribution in [2.75, 3.05) is 7.11 Å². The van der Waals surface area contributed by atoms with Crippen LogP contribution >= 0.6 is 11.3 Å². The Morgan fingerprint density at radius 1 is 0.944 bits per heavy atom. The third-order valence-corrected chi connectivity index (χ3v) is 7.03. The molecule has 0 atom stereocenters. The van der Waals surface area contributed by atoms with Crippen molar-refractivity contribution in [3.05, 3.63) is 111 Å². The summed E-state index contributed by atoms with van der Waals surface area (Å²) in [5.74, 6) is 1.03. The van der Waals surface area contributed by atoms with Crippen molar-refractivity contribution in [2.45, 2.75) is 20.0 Å². The number of carbonyl (C=O) groups is 1. The number of fused-ring (bicyclic) bond motifs is 1. The van der Waals surface area contributed by atoms with Crippen LogP contribution in [0.4, 0.5) is 0 Å². The maximum Gasteiger partial charge on any atom is 0.266 e. The van der Waals surface area contributed by atoms with E-state index >= 15 is 0 Å². The summed E-state index contributed by atoms with van der Waals surface area (Å²) in [6, 6.07) is 24.5. The fraction of sp³-hybridized carbons (Fsp3) is 0.143. The Bertz CT molecular complexity index is 1580. The zero-order valence-electron chi connectivity index (χ0n) is 19.9. The second-order valence-electron chi connectivity index (χ2n) is 8.34. The molecule has 0 aliphatic carbocycles. The molecule has 5 rings (SSSR count). The molecule has 1 N–H and O–H groups in total. The predicted octanol–water partition coefficient (Wildman–Crippen LogP) is 5.21. The van der Waals surface area contributed by atoms with E-state index in [4.69, 9.17) is 4.74 Å². The molecular weight excluding hydrogens is 472 g/mol. The first-order valence-electron chi connectivity index (χ1n) is 11.4. The molecule has 2 aromatic heterocycles. The normalized spacial score (nSPS) is 10.9. The zero-order chi connectivity index (χ0) is 25.1. The number of para-hydroxylation sites is 1. The fourth-order valence-corrected chi connectivity index (χ4v) is 5.03. The molecular formula is C28H24N4O3S. The van der Waals surface area contributed by atoms with E-state index in [0.717, 1.165) is 21.9 Å². The van der Waals surface area contributed by atoms with Gasteiger partial charge in [0, 0.05) is 12.1 Å². The molecule has 0 aliphatic heterocycles. The summed E-state index contributed by atoms with van der Waals surface area (Å²) in [4.78, 5) is 40.8. The highest BCUT2D eigenvalue weighted by molar-refractivity contribution is 7.17. The van der Waals surface area contributed by atoms with Crippen molar-refractivity contribution in [3.63, 3.8) is 0 Å². The second kappa shape index (κ2) is 10.1. The van der Waals surface area contributed by atoms with Gasteiger partial charge >= 0.3 is 0 Å². The highest BCUT2D eigenvalue weighted by Crippen LogP contribution is 2.30. The number of amides is 1. The molecule has 180 valence electrons. The van der Waals surface area contributed by atoms with Gasteiger partial charge in [-0.15, -0.1) is 11.3 Å². The molecule has 8 heteroatoms. The van der Waals surface area contributed by atoms with Gasteiger partial charge in [-0.3, -0.25) is 9.59 Å². The van der Waals surface area contributed by atoms with Crippen LogP contribution in [0.25, 0.3) is 21.5 Å². The number of methoxy groups -OCH3 is 1. The predicted molar refractivity (Wildman–Crippen MR) is 141 cm³/mol. The lowest BCUT2D eigenvalue weighted by atomic mass is 10.2. The highest BCUT2D eigenvalue weighted by atomic mass is 32.1. The van der Waals surface area contributed by atoms with Crippen LogP contribution in [-0.2, 0) is 13.1 Å². The van der Waals surface area contributed by atoms with Crippen LogP contribution in [0.2, 0.25) is 0 Å². The number of benzene rings is 3. The van der Waals surface area contributed by atoms with Gasteiger partial charge in [0.05, 0.1) is 30.3 Å². The van der Waals surface area contributed by atoms with E-state index in [1.54, 1.807) is 30.2 Å². The number of aromatic amines is 1. The summed E-state index contributed by atoms with van der Waals surface area (Å²) in [6.45, 7) is 2.36. The van der Waals surface area contributed by atoms with Crippen LogP contribution in [0.15, 0.2) is 83.7 Å². The minimum absolute atomic E-state index is 0.156. The van der Waals surface area contributed by atoms with E-state index in [1.807, 2.05) is 67.6 Å².